The van der Waals surface area contributed by atoms with Crippen molar-refractivity contribution >= 4 is 11.5 Å². The van der Waals surface area contributed by atoms with Gasteiger partial charge in [-0.05, 0) is 33.6 Å². The van der Waals surface area contributed by atoms with Crippen molar-refractivity contribution in [2.45, 2.75) is 64.7 Å². The van der Waals surface area contributed by atoms with E-state index in [9.17, 15) is 23.2 Å². The van der Waals surface area contributed by atoms with Crippen molar-refractivity contribution in [1.82, 2.24) is 20.1 Å². The Kier molecular flexibility index (Phi) is 6.13. The molecule has 0 bridgehead atoms. The molecule has 0 aromatic carbocycles. The zero-order chi connectivity index (χ0) is 20.2. The first-order valence-corrected chi connectivity index (χ1v) is 8.61. The van der Waals surface area contributed by atoms with Crippen LogP contribution in [0.3, 0.4) is 0 Å². The van der Waals surface area contributed by atoms with E-state index >= 15 is 0 Å². The summed E-state index contributed by atoms with van der Waals surface area (Å²) in [5.74, 6) is -1.89. The molecule has 0 saturated carbocycles. The molecule has 0 unspecified atom stereocenters. The number of hydrogen-bond acceptors (Lipinski definition) is 5. The molecule has 1 aliphatic heterocycles. The summed E-state index contributed by atoms with van der Waals surface area (Å²) in [5.41, 5.74) is -1.39. The molecule has 1 N–H and O–H groups in total. The summed E-state index contributed by atoms with van der Waals surface area (Å²) >= 11 is 0. The molecule has 10 heteroatoms. The normalized spacial score (nSPS) is 15.9. The zero-order valence-corrected chi connectivity index (χ0v) is 15.5. The molecular formula is C17H22F3N5O2. The number of carbonyl (C=O) groups is 1. The van der Waals surface area contributed by atoms with Gasteiger partial charge in [0, 0.05) is 18.5 Å². The van der Waals surface area contributed by atoms with Crippen molar-refractivity contribution in [3.05, 3.63) is 17.4 Å². The molecule has 27 heavy (non-hydrogen) atoms. The third-order valence-corrected chi connectivity index (χ3v) is 3.79. The number of nitrogens with zero attached hydrogens (tertiary/aromatic N) is 4. The van der Waals surface area contributed by atoms with Crippen LogP contribution in [0.25, 0.3) is 5.57 Å². The highest BCUT2D eigenvalue weighted by Gasteiger charge is 2.41. The van der Waals surface area contributed by atoms with Crippen molar-refractivity contribution < 1.29 is 22.7 Å². The van der Waals surface area contributed by atoms with Crippen LogP contribution in [-0.2, 0) is 22.5 Å². The largest absolute Gasteiger partial charge is 0.478 e. The molecule has 7 nitrogen and oxygen atoms in total. The smallest absolute Gasteiger partial charge is 0.450 e. The number of nitriles is 1. The number of carbonyl (C=O) groups excluding carboxylic acids is 1. The average Bonchev–Trinajstić information content (AvgIpc) is 2.76. The van der Waals surface area contributed by atoms with Gasteiger partial charge in [0.05, 0.1) is 0 Å². The van der Waals surface area contributed by atoms with Crippen LogP contribution in [0.2, 0.25) is 0 Å². The highest BCUT2D eigenvalue weighted by molar-refractivity contribution is 5.79. The highest BCUT2D eigenvalue weighted by Crippen LogP contribution is 2.33. The molecule has 1 amide bonds. The lowest BCUT2D eigenvalue weighted by Gasteiger charge is -2.21. The summed E-state index contributed by atoms with van der Waals surface area (Å²) in [6.45, 7) is 4.64. The average molecular weight is 385 g/mol. The number of rotatable bonds is 4. The summed E-state index contributed by atoms with van der Waals surface area (Å²) in [6, 6.07) is 1.53. The SMILES string of the molecule is CC(C)(C)NC(=O)COC(=C(C#N)c1nnc2n1CCCCC2)C(F)(F)F. The molecule has 2 rings (SSSR count). The van der Waals surface area contributed by atoms with Crippen LogP contribution in [0.4, 0.5) is 13.2 Å². The second kappa shape index (κ2) is 7.98. The molecule has 1 aliphatic rings. The Bertz CT molecular complexity index is 769. The number of halogens is 3. The Balaban J connectivity index is 2.37. The maximum absolute atomic E-state index is 13.5. The van der Waals surface area contributed by atoms with Gasteiger partial charge in [0.25, 0.3) is 5.91 Å². The second-order valence-electron chi connectivity index (χ2n) is 7.30. The number of alkyl halides is 3. The minimum absolute atomic E-state index is 0.182. The van der Waals surface area contributed by atoms with Crippen LogP contribution in [0.1, 0.15) is 51.7 Å². The summed E-state index contributed by atoms with van der Waals surface area (Å²) in [5, 5.41) is 19.6. The first kappa shape index (κ1) is 20.7. The minimum Gasteiger partial charge on any atom is -0.478 e. The Morgan fingerprint density at radius 1 is 1.26 bits per heavy atom. The summed E-state index contributed by atoms with van der Waals surface area (Å²) in [4.78, 5) is 11.8. The van der Waals surface area contributed by atoms with Crippen molar-refractivity contribution in [1.29, 1.82) is 5.26 Å². The van der Waals surface area contributed by atoms with Gasteiger partial charge in [-0.1, -0.05) is 6.42 Å². The summed E-state index contributed by atoms with van der Waals surface area (Å²) < 4.78 is 46.9. The lowest BCUT2D eigenvalue weighted by atomic mass is 10.1. The fourth-order valence-corrected chi connectivity index (χ4v) is 2.76. The van der Waals surface area contributed by atoms with Crippen molar-refractivity contribution in [2.24, 2.45) is 0 Å². The number of fused-ring (bicyclic) bond motifs is 1. The zero-order valence-electron chi connectivity index (χ0n) is 15.5. The topological polar surface area (TPSA) is 92.8 Å². The molecule has 0 atom stereocenters. The van der Waals surface area contributed by atoms with Crippen molar-refractivity contribution in [2.75, 3.05) is 6.61 Å². The Morgan fingerprint density at radius 3 is 2.56 bits per heavy atom. The van der Waals surface area contributed by atoms with Gasteiger partial charge < -0.3 is 14.6 Å². The monoisotopic (exact) mass is 385 g/mol. The Morgan fingerprint density at radius 2 is 1.96 bits per heavy atom. The molecule has 0 saturated heterocycles. The first-order valence-electron chi connectivity index (χ1n) is 8.61. The highest BCUT2D eigenvalue weighted by atomic mass is 19.4. The number of aromatic nitrogens is 3. The van der Waals surface area contributed by atoms with Crippen LogP contribution in [-0.4, -0.2) is 39.0 Å². The van der Waals surface area contributed by atoms with Gasteiger partial charge in [0.1, 0.15) is 17.5 Å². The van der Waals surface area contributed by atoms with E-state index in [1.807, 2.05) is 0 Å². The lowest BCUT2D eigenvalue weighted by molar-refractivity contribution is -0.140. The van der Waals surface area contributed by atoms with Gasteiger partial charge in [-0.3, -0.25) is 4.79 Å². The Labute approximate surface area is 155 Å². The molecule has 148 valence electrons. The van der Waals surface area contributed by atoms with E-state index < -0.39 is 35.6 Å². The number of allylic oxidation sites excluding steroid dienone is 2. The van der Waals surface area contributed by atoms with Crippen LogP contribution in [0.15, 0.2) is 5.76 Å². The van der Waals surface area contributed by atoms with Crippen molar-refractivity contribution in [3.63, 3.8) is 0 Å². The second-order valence-corrected chi connectivity index (χ2v) is 7.30. The first-order chi connectivity index (χ1) is 12.5. The molecule has 0 spiro atoms. The molecule has 0 radical (unpaired) electrons. The maximum atomic E-state index is 13.5. The standard InChI is InChI=1S/C17H22F3N5O2/c1-16(2,3)22-13(26)10-27-14(17(18,19)20)11(9-21)15-24-23-12-7-5-4-6-8-25(12)15/h4-8,10H2,1-3H3,(H,22,26). The summed E-state index contributed by atoms with van der Waals surface area (Å²) in [7, 11) is 0. The maximum Gasteiger partial charge on any atom is 0.450 e. The van der Waals surface area contributed by atoms with Gasteiger partial charge in [-0.15, -0.1) is 10.2 Å². The van der Waals surface area contributed by atoms with Gasteiger partial charge in [-0.25, -0.2) is 0 Å². The van der Waals surface area contributed by atoms with E-state index in [0.29, 0.717) is 18.8 Å². The van der Waals surface area contributed by atoms with E-state index in [-0.39, 0.29) is 5.82 Å². The fourth-order valence-electron chi connectivity index (χ4n) is 2.76. The van der Waals surface area contributed by atoms with E-state index in [1.165, 1.54) is 10.6 Å². The van der Waals surface area contributed by atoms with E-state index in [0.717, 1.165) is 19.3 Å². The predicted octanol–water partition coefficient (Wildman–Crippen LogP) is 2.73. The number of amides is 1. The molecule has 1 aromatic rings. The van der Waals surface area contributed by atoms with Gasteiger partial charge >= 0.3 is 6.18 Å². The number of ether oxygens (including phenoxy) is 1. The predicted molar refractivity (Wildman–Crippen MR) is 90.0 cm³/mol. The quantitative estimate of drug-likeness (QED) is 0.635. The third kappa shape index (κ3) is 5.45. The molecule has 2 heterocycles. The number of aryl methyl sites for hydroxylation is 1. The molecule has 0 aliphatic carbocycles. The fraction of sp³-hybridized carbons (Fsp3) is 0.647. The molecule has 0 fully saturated rings. The Hall–Kier alpha value is -2.57. The minimum atomic E-state index is -4.95. The van der Waals surface area contributed by atoms with Crippen molar-refractivity contribution in [3.8, 4) is 6.07 Å². The van der Waals surface area contributed by atoms with Gasteiger partial charge in [0.15, 0.2) is 12.4 Å². The van der Waals surface area contributed by atoms with Gasteiger partial charge in [0.2, 0.25) is 5.76 Å². The van der Waals surface area contributed by atoms with Crippen LogP contribution < -0.4 is 5.32 Å². The lowest BCUT2D eigenvalue weighted by Crippen LogP contribution is -2.42. The van der Waals surface area contributed by atoms with E-state index in [4.69, 9.17) is 4.74 Å². The summed E-state index contributed by atoms with van der Waals surface area (Å²) in [6.07, 6.45) is -1.83. The third-order valence-electron chi connectivity index (χ3n) is 3.79. The van der Waals surface area contributed by atoms with Gasteiger partial charge in [-0.2, -0.15) is 18.4 Å². The molecule has 1 aromatic heterocycles. The van der Waals surface area contributed by atoms with E-state index in [1.54, 1.807) is 20.8 Å². The van der Waals surface area contributed by atoms with Crippen LogP contribution in [0, 0.1) is 11.3 Å². The van der Waals surface area contributed by atoms with Crippen LogP contribution in [0.5, 0.6) is 0 Å². The number of nitrogens with one attached hydrogen (secondary N) is 1. The molecular weight excluding hydrogens is 363 g/mol. The van der Waals surface area contributed by atoms with Crippen LogP contribution >= 0.6 is 0 Å². The number of hydrogen-bond donors (Lipinski definition) is 1. The van der Waals surface area contributed by atoms with E-state index in [2.05, 4.69) is 15.5 Å².